The molecule has 1 saturated heterocycles. The molecule has 2 aromatic heterocycles. The molecule has 3 heterocycles. The molecule has 0 saturated carbocycles. The quantitative estimate of drug-likeness (QED) is 0.346. The van der Waals surface area contributed by atoms with Gasteiger partial charge < -0.3 is 34.3 Å². The summed E-state index contributed by atoms with van der Waals surface area (Å²) in [6, 6.07) is 3.34. The molecule has 0 spiro atoms. The third kappa shape index (κ3) is 5.36. The summed E-state index contributed by atoms with van der Waals surface area (Å²) in [6.07, 6.45) is 3.47. The lowest BCUT2D eigenvalue weighted by atomic mass is 10.1. The van der Waals surface area contributed by atoms with Crippen LogP contribution in [0.2, 0.25) is 0 Å². The number of nitrogens with zero attached hydrogens (tertiary/aromatic N) is 5. The summed E-state index contributed by atoms with van der Waals surface area (Å²) in [7, 11) is 0.880. The van der Waals surface area contributed by atoms with Crippen LogP contribution in [-0.4, -0.2) is 87.0 Å². The van der Waals surface area contributed by atoms with Crippen molar-refractivity contribution in [3.63, 3.8) is 0 Å². The number of aryl methyl sites for hydroxylation is 1. The molecule has 13 heteroatoms. The number of aromatic amines is 1. The van der Waals surface area contributed by atoms with Gasteiger partial charge in [-0.1, -0.05) is 0 Å². The lowest BCUT2D eigenvalue weighted by molar-refractivity contribution is 0.297. The number of rotatable bonds is 7. The van der Waals surface area contributed by atoms with Crippen molar-refractivity contribution in [2.45, 2.75) is 26.8 Å². The second-order valence-corrected chi connectivity index (χ2v) is 10.6. The van der Waals surface area contributed by atoms with Crippen LogP contribution in [0.1, 0.15) is 19.4 Å². The number of piperazine rings is 1. The van der Waals surface area contributed by atoms with E-state index < -0.39 is 10.0 Å². The Morgan fingerprint density at radius 1 is 1.16 bits per heavy atom. The molecule has 1 aliphatic heterocycles. The third-order valence-corrected chi connectivity index (χ3v) is 7.54. The Morgan fingerprint density at radius 2 is 1.86 bits per heavy atom. The van der Waals surface area contributed by atoms with Crippen LogP contribution in [0.4, 0.5) is 11.5 Å². The first-order valence-corrected chi connectivity index (χ1v) is 13.5. The molecule has 0 bridgehead atoms. The number of hydrogen-bond donors (Lipinski definition) is 2. The van der Waals surface area contributed by atoms with Crippen LogP contribution < -0.4 is 24.4 Å². The fourth-order valence-corrected chi connectivity index (χ4v) is 4.97. The van der Waals surface area contributed by atoms with Crippen molar-refractivity contribution in [3.05, 3.63) is 30.2 Å². The zero-order chi connectivity index (χ0) is 26.7. The minimum absolute atomic E-state index is 0.0849. The molecule has 0 aliphatic carbocycles. The first kappa shape index (κ1) is 26.3. The van der Waals surface area contributed by atoms with Gasteiger partial charge in [0.1, 0.15) is 17.8 Å². The van der Waals surface area contributed by atoms with Crippen molar-refractivity contribution in [2.24, 2.45) is 4.40 Å². The fraction of sp³-hybridized carbons (Fsp3) is 0.458. The van der Waals surface area contributed by atoms with E-state index in [9.17, 15) is 8.42 Å². The molecule has 1 aliphatic rings. The third-order valence-electron chi connectivity index (χ3n) is 6.36. The lowest BCUT2D eigenvalue weighted by Gasteiger charge is -2.42. The number of ether oxygens (including phenoxy) is 3. The number of hydrogen-bond acceptors (Lipinski definition) is 8. The van der Waals surface area contributed by atoms with Crippen LogP contribution in [0.5, 0.6) is 17.2 Å². The largest absolute Gasteiger partial charge is 0.493 e. The van der Waals surface area contributed by atoms with E-state index in [0.717, 1.165) is 22.4 Å². The van der Waals surface area contributed by atoms with Crippen molar-refractivity contribution in [3.8, 4) is 17.2 Å². The number of benzene rings is 1. The van der Waals surface area contributed by atoms with E-state index >= 15 is 0 Å². The standard InChI is InChI=1S/C24H33N7O5S/c1-7-37(32,33)29-24(28-17-10-18(34-4)21(36-6)19(11-17)35-5)31-9-8-30(13-16(31)3)23-20-15(2)12-25-22(20)26-14-27-23/h10-12,14,16H,7-9,13H2,1-6H3,(H,28,29)(H,25,26,27)/t16-/m0/s1. The number of fused-ring (bicyclic) bond motifs is 1. The summed E-state index contributed by atoms with van der Waals surface area (Å²) in [5, 5.41) is 4.18. The van der Waals surface area contributed by atoms with Gasteiger partial charge in [0.2, 0.25) is 11.7 Å². The van der Waals surface area contributed by atoms with E-state index in [1.807, 2.05) is 24.9 Å². The highest BCUT2D eigenvalue weighted by atomic mass is 32.2. The molecule has 0 amide bonds. The number of H-pyrrole nitrogens is 1. The summed E-state index contributed by atoms with van der Waals surface area (Å²) in [5.74, 6) is 2.28. The monoisotopic (exact) mass is 531 g/mol. The molecule has 0 unspecified atom stereocenters. The van der Waals surface area contributed by atoms with Gasteiger partial charge in [0, 0.05) is 49.7 Å². The van der Waals surface area contributed by atoms with Crippen molar-refractivity contribution >= 4 is 38.5 Å². The Morgan fingerprint density at radius 3 is 2.46 bits per heavy atom. The van der Waals surface area contributed by atoms with E-state index in [1.165, 1.54) is 21.3 Å². The molecule has 1 fully saturated rings. The molecular weight excluding hydrogens is 498 g/mol. The Kier molecular flexibility index (Phi) is 7.62. The highest BCUT2D eigenvalue weighted by molar-refractivity contribution is 7.90. The average molecular weight is 532 g/mol. The van der Waals surface area contributed by atoms with Gasteiger partial charge in [0.05, 0.1) is 32.5 Å². The van der Waals surface area contributed by atoms with Crippen LogP contribution in [0.15, 0.2) is 29.1 Å². The maximum Gasteiger partial charge on any atom is 0.256 e. The molecule has 12 nitrogen and oxygen atoms in total. The normalized spacial score (nSPS) is 16.7. The van der Waals surface area contributed by atoms with Crippen LogP contribution in [0.3, 0.4) is 0 Å². The van der Waals surface area contributed by atoms with Gasteiger partial charge >= 0.3 is 0 Å². The molecule has 37 heavy (non-hydrogen) atoms. The number of nitrogens with one attached hydrogen (secondary N) is 2. The first-order chi connectivity index (χ1) is 17.7. The summed E-state index contributed by atoms with van der Waals surface area (Å²) in [5.41, 5.74) is 2.41. The topological polar surface area (TPSA) is 134 Å². The van der Waals surface area contributed by atoms with Gasteiger partial charge in [0.25, 0.3) is 10.0 Å². The molecule has 4 rings (SSSR count). The van der Waals surface area contributed by atoms with Gasteiger partial charge in [0.15, 0.2) is 11.5 Å². The SMILES string of the molecule is CCS(=O)(=O)/N=C(\Nc1cc(OC)c(OC)c(OC)c1)N1CCN(c2ncnc3[nH]cc(C)c23)C[C@@H]1C. The lowest BCUT2D eigenvalue weighted by Crippen LogP contribution is -2.56. The number of guanidine groups is 1. The van der Waals surface area contributed by atoms with Crippen LogP contribution in [0, 0.1) is 6.92 Å². The van der Waals surface area contributed by atoms with Crippen LogP contribution in [0.25, 0.3) is 11.0 Å². The van der Waals surface area contributed by atoms with Crippen LogP contribution >= 0.6 is 0 Å². The van der Waals surface area contributed by atoms with Crippen molar-refractivity contribution < 1.29 is 22.6 Å². The Hall–Kier alpha value is -3.74. The molecule has 2 N–H and O–H groups in total. The van der Waals surface area contributed by atoms with Crippen molar-refractivity contribution in [1.82, 2.24) is 19.9 Å². The zero-order valence-corrected chi connectivity index (χ0v) is 22.7. The number of sulfonamides is 1. The van der Waals surface area contributed by atoms with E-state index in [0.29, 0.717) is 42.6 Å². The highest BCUT2D eigenvalue weighted by Gasteiger charge is 2.30. The number of aromatic nitrogens is 3. The second-order valence-electron chi connectivity index (χ2n) is 8.71. The Balaban J connectivity index is 1.66. The molecule has 1 aromatic carbocycles. The maximum atomic E-state index is 12.6. The van der Waals surface area contributed by atoms with Crippen molar-refractivity contribution in [1.29, 1.82) is 0 Å². The fourth-order valence-electron chi connectivity index (χ4n) is 4.43. The summed E-state index contributed by atoms with van der Waals surface area (Å²) >= 11 is 0. The highest BCUT2D eigenvalue weighted by Crippen LogP contribution is 2.40. The summed E-state index contributed by atoms with van der Waals surface area (Å²) < 4.78 is 45.6. The minimum atomic E-state index is -3.69. The van der Waals surface area contributed by atoms with E-state index in [-0.39, 0.29) is 17.8 Å². The van der Waals surface area contributed by atoms with Crippen molar-refractivity contribution in [2.75, 3.05) is 56.9 Å². The zero-order valence-electron chi connectivity index (χ0n) is 21.9. The number of anilines is 2. The van der Waals surface area contributed by atoms with E-state index in [4.69, 9.17) is 14.2 Å². The van der Waals surface area contributed by atoms with Gasteiger partial charge in [-0.3, -0.25) is 0 Å². The van der Waals surface area contributed by atoms with Gasteiger partial charge in [-0.05, 0) is 26.3 Å². The van der Waals surface area contributed by atoms with Gasteiger partial charge in [-0.25, -0.2) is 18.4 Å². The second kappa shape index (κ2) is 10.7. The Labute approximate surface area is 216 Å². The summed E-state index contributed by atoms with van der Waals surface area (Å²) in [4.78, 5) is 16.2. The van der Waals surface area contributed by atoms with Crippen LogP contribution in [-0.2, 0) is 10.0 Å². The molecule has 200 valence electrons. The minimum Gasteiger partial charge on any atom is -0.493 e. The predicted molar refractivity (Wildman–Crippen MR) is 144 cm³/mol. The molecule has 0 radical (unpaired) electrons. The maximum absolute atomic E-state index is 12.6. The van der Waals surface area contributed by atoms with E-state index in [1.54, 1.807) is 25.4 Å². The molecule has 3 aromatic rings. The Bertz CT molecular complexity index is 1380. The number of methoxy groups -OCH3 is 3. The molecule has 1 atom stereocenters. The first-order valence-electron chi connectivity index (χ1n) is 11.9. The van der Waals surface area contributed by atoms with E-state index in [2.05, 4.69) is 29.6 Å². The smallest absolute Gasteiger partial charge is 0.256 e. The molecular formula is C24H33N7O5S. The average Bonchev–Trinajstić information content (AvgIpc) is 3.28. The summed E-state index contributed by atoms with van der Waals surface area (Å²) in [6.45, 7) is 7.36. The van der Waals surface area contributed by atoms with Gasteiger partial charge in [-0.2, -0.15) is 0 Å². The predicted octanol–water partition coefficient (Wildman–Crippen LogP) is 2.62. The van der Waals surface area contributed by atoms with Gasteiger partial charge in [-0.15, -0.1) is 4.40 Å².